The fraction of sp³-hybridized carbons (Fsp3) is 0.0667. The molecule has 1 heterocycles. The summed E-state index contributed by atoms with van der Waals surface area (Å²) in [6.45, 7) is 1.79. The largest absolute Gasteiger partial charge is 0.399 e. The molecular weight excluding hydrogens is 271 g/mol. The summed E-state index contributed by atoms with van der Waals surface area (Å²) in [4.78, 5) is 18.9. The highest BCUT2D eigenvalue weighted by Crippen LogP contribution is 2.18. The molecule has 21 heavy (non-hydrogen) atoms. The highest BCUT2D eigenvalue weighted by atomic mass is 19.1. The lowest BCUT2D eigenvalue weighted by molar-refractivity contribution is 0.627. The van der Waals surface area contributed by atoms with E-state index in [0.717, 1.165) is 5.56 Å². The van der Waals surface area contributed by atoms with Crippen molar-refractivity contribution >= 4 is 28.2 Å². The monoisotopic (exact) mass is 284 g/mol. The molecule has 4 N–H and O–H groups in total. The third-order valence-electron chi connectivity index (χ3n) is 3.03. The van der Waals surface area contributed by atoms with E-state index in [4.69, 9.17) is 5.73 Å². The van der Waals surface area contributed by atoms with Crippen LogP contribution in [0.4, 0.5) is 21.7 Å². The van der Waals surface area contributed by atoms with Crippen LogP contribution >= 0.6 is 0 Å². The van der Waals surface area contributed by atoms with Crippen molar-refractivity contribution in [3.63, 3.8) is 0 Å². The fourth-order valence-electron chi connectivity index (χ4n) is 2.16. The zero-order valence-corrected chi connectivity index (χ0v) is 11.3. The van der Waals surface area contributed by atoms with E-state index in [9.17, 15) is 9.18 Å². The Bertz CT molecular complexity index is 868. The van der Waals surface area contributed by atoms with Gasteiger partial charge in [0.2, 0.25) is 5.95 Å². The minimum atomic E-state index is -0.353. The van der Waals surface area contributed by atoms with E-state index in [-0.39, 0.29) is 17.3 Å². The van der Waals surface area contributed by atoms with Crippen LogP contribution in [0.5, 0.6) is 0 Å². The molecule has 0 aliphatic rings. The van der Waals surface area contributed by atoms with Gasteiger partial charge in [-0.3, -0.25) is 9.78 Å². The quantitative estimate of drug-likeness (QED) is 0.632. The van der Waals surface area contributed by atoms with Crippen molar-refractivity contribution in [3.05, 3.63) is 58.1 Å². The Morgan fingerprint density at radius 3 is 2.81 bits per heavy atom. The number of aromatic amines is 1. The maximum atomic E-state index is 13.4. The van der Waals surface area contributed by atoms with Crippen molar-refractivity contribution in [2.75, 3.05) is 11.1 Å². The molecule has 1 aromatic heterocycles. The molecule has 5 nitrogen and oxygen atoms in total. The molecule has 3 aromatic rings. The van der Waals surface area contributed by atoms with Crippen LogP contribution in [0.3, 0.4) is 0 Å². The standard InChI is InChI=1S/C15H13FN4O/c1-8-4-9(16)6-11(5-8)18-15-19-13-3-2-10(17)7-12(13)14(21)20-15/h2-7H,17H2,1H3,(H2,18,19,20,21). The molecule has 0 saturated carbocycles. The van der Waals surface area contributed by atoms with E-state index in [1.54, 1.807) is 31.2 Å². The van der Waals surface area contributed by atoms with E-state index < -0.39 is 0 Å². The molecule has 0 spiro atoms. The number of nitrogens with one attached hydrogen (secondary N) is 2. The number of hydrogen-bond donors (Lipinski definition) is 3. The van der Waals surface area contributed by atoms with Gasteiger partial charge in [-0.25, -0.2) is 9.37 Å². The van der Waals surface area contributed by atoms with Crippen molar-refractivity contribution in [2.24, 2.45) is 0 Å². The summed E-state index contributed by atoms with van der Waals surface area (Å²) in [6.07, 6.45) is 0. The highest BCUT2D eigenvalue weighted by Gasteiger charge is 2.05. The van der Waals surface area contributed by atoms with Crippen LogP contribution in [0.25, 0.3) is 10.9 Å². The molecule has 106 valence electrons. The third kappa shape index (κ3) is 2.69. The lowest BCUT2D eigenvalue weighted by Crippen LogP contribution is -2.11. The summed E-state index contributed by atoms with van der Waals surface area (Å²) in [6, 6.07) is 9.42. The van der Waals surface area contributed by atoms with E-state index in [1.165, 1.54) is 12.1 Å². The lowest BCUT2D eigenvalue weighted by Gasteiger charge is -2.07. The average Bonchev–Trinajstić information content (AvgIpc) is 2.38. The second kappa shape index (κ2) is 4.90. The minimum absolute atomic E-state index is 0.252. The summed E-state index contributed by atoms with van der Waals surface area (Å²) in [5.74, 6) is -0.101. The fourth-order valence-corrected chi connectivity index (χ4v) is 2.16. The second-order valence-electron chi connectivity index (χ2n) is 4.83. The second-order valence-corrected chi connectivity index (χ2v) is 4.83. The van der Waals surface area contributed by atoms with Gasteiger partial charge < -0.3 is 11.1 Å². The molecule has 0 aliphatic heterocycles. The van der Waals surface area contributed by atoms with Crippen molar-refractivity contribution in [2.45, 2.75) is 6.92 Å². The first-order valence-electron chi connectivity index (χ1n) is 6.35. The first kappa shape index (κ1) is 13.1. The van der Waals surface area contributed by atoms with Crippen molar-refractivity contribution in [1.29, 1.82) is 0 Å². The number of hydrogen-bond acceptors (Lipinski definition) is 4. The Morgan fingerprint density at radius 1 is 1.24 bits per heavy atom. The van der Waals surface area contributed by atoms with Gasteiger partial charge in [0.25, 0.3) is 5.56 Å². The number of benzene rings is 2. The summed E-state index contributed by atoms with van der Waals surface area (Å²) < 4.78 is 13.4. The first-order valence-corrected chi connectivity index (χ1v) is 6.35. The SMILES string of the molecule is Cc1cc(F)cc(Nc2nc3ccc(N)cc3c(=O)[nH]2)c1. The summed E-state index contributed by atoms with van der Waals surface area (Å²) >= 11 is 0. The topological polar surface area (TPSA) is 83.8 Å². The predicted molar refractivity (Wildman–Crippen MR) is 81.2 cm³/mol. The summed E-state index contributed by atoms with van der Waals surface area (Å²) in [5.41, 5.74) is 7.65. The molecule has 3 rings (SSSR count). The van der Waals surface area contributed by atoms with Crippen molar-refractivity contribution in [1.82, 2.24) is 9.97 Å². The number of nitrogen functional groups attached to an aromatic ring is 1. The number of rotatable bonds is 2. The molecule has 0 atom stereocenters. The Hall–Kier alpha value is -2.89. The van der Waals surface area contributed by atoms with E-state index in [0.29, 0.717) is 22.3 Å². The lowest BCUT2D eigenvalue weighted by atomic mass is 10.2. The van der Waals surface area contributed by atoms with Crippen LogP contribution in [0, 0.1) is 12.7 Å². The Balaban J connectivity index is 2.05. The predicted octanol–water partition coefficient (Wildman–Crippen LogP) is 2.70. The van der Waals surface area contributed by atoms with Crippen LogP contribution in [-0.2, 0) is 0 Å². The zero-order valence-electron chi connectivity index (χ0n) is 11.3. The third-order valence-corrected chi connectivity index (χ3v) is 3.03. The van der Waals surface area contributed by atoms with Gasteiger partial charge in [0.05, 0.1) is 10.9 Å². The summed E-state index contributed by atoms with van der Waals surface area (Å²) in [5, 5.41) is 3.31. The van der Waals surface area contributed by atoms with Gasteiger partial charge in [-0.15, -0.1) is 0 Å². The normalized spacial score (nSPS) is 10.8. The number of fused-ring (bicyclic) bond motifs is 1. The Labute approximate surface area is 119 Å². The number of nitrogens with zero attached hydrogens (tertiary/aromatic N) is 1. The number of nitrogens with two attached hydrogens (primary N) is 1. The molecule has 0 bridgehead atoms. The maximum absolute atomic E-state index is 13.4. The van der Waals surface area contributed by atoms with Gasteiger partial charge in [-0.05, 0) is 48.9 Å². The van der Waals surface area contributed by atoms with Crippen LogP contribution in [-0.4, -0.2) is 9.97 Å². The van der Waals surface area contributed by atoms with Gasteiger partial charge in [0, 0.05) is 11.4 Å². The first-order chi connectivity index (χ1) is 10.0. The minimum Gasteiger partial charge on any atom is -0.399 e. The number of aromatic nitrogens is 2. The van der Waals surface area contributed by atoms with Gasteiger partial charge in [0.15, 0.2) is 0 Å². The molecule has 2 aromatic carbocycles. The van der Waals surface area contributed by atoms with Crippen LogP contribution < -0.4 is 16.6 Å². The molecule has 6 heteroatoms. The summed E-state index contributed by atoms with van der Waals surface area (Å²) in [7, 11) is 0. The van der Waals surface area contributed by atoms with Gasteiger partial charge in [-0.2, -0.15) is 0 Å². The van der Waals surface area contributed by atoms with Gasteiger partial charge in [-0.1, -0.05) is 0 Å². The number of anilines is 3. The Morgan fingerprint density at radius 2 is 2.05 bits per heavy atom. The zero-order chi connectivity index (χ0) is 15.0. The molecule has 0 aliphatic carbocycles. The van der Waals surface area contributed by atoms with Crippen LogP contribution in [0.15, 0.2) is 41.2 Å². The van der Waals surface area contributed by atoms with Gasteiger partial charge >= 0.3 is 0 Å². The van der Waals surface area contributed by atoms with Crippen LogP contribution in [0.2, 0.25) is 0 Å². The van der Waals surface area contributed by atoms with Gasteiger partial charge in [0.1, 0.15) is 5.82 Å². The molecular formula is C15H13FN4O. The molecule has 0 amide bonds. The maximum Gasteiger partial charge on any atom is 0.260 e. The van der Waals surface area contributed by atoms with E-state index in [1.807, 2.05) is 0 Å². The van der Waals surface area contributed by atoms with E-state index in [2.05, 4.69) is 15.3 Å². The van der Waals surface area contributed by atoms with Crippen molar-refractivity contribution < 1.29 is 4.39 Å². The van der Waals surface area contributed by atoms with E-state index >= 15 is 0 Å². The molecule has 0 unspecified atom stereocenters. The number of aryl methyl sites for hydroxylation is 1. The highest BCUT2D eigenvalue weighted by molar-refractivity contribution is 5.82. The molecule has 0 fully saturated rings. The Kier molecular flexibility index (Phi) is 3.06. The smallest absolute Gasteiger partial charge is 0.260 e. The van der Waals surface area contributed by atoms with Crippen LogP contribution in [0.1, 0.15) is 5.56 Å². The molecule has 0 radical (unpaired) electrons. The number of halogens is 1. The number of H-pyrrole nitrogens is 1. The average molecular weight is 284 g/mol. The molecule has 0 saturated heterocycles. The van der Waals surface area contributed by atoms with Crippen molar-refractivity contribution in [3.8, 4) is 0 Å².